The predicted octanol–water partition coefficient (Wildman–Crippen LogP) is 1.85. The van der Waals surface area contributed by atoms with Gasteiger partial charge in [0.15, 0.2) is 11.4 Å². The van der Waals surface area contributed by atoms with E-state index in [1.165, 1.54) is 30.2 Å². The zero-order valence-corrected chi connectivity index (χ0v) is 23.0. The molecule has 0 aliphatic heterocycles. The summed E-state index contributed by atoms with van der Waals surface area (Å²) >= 11 is 6.84. The predicted molar refractivity (Wildman–Crippen MR) is 143 cm³/mol. The van der Waals surface area contributed by atoms with E-state index in [1.54, 1.807) is 14.1 Å². The van der Waals surface area contributed by atoms with Crippen LogP contribution in [0.25, 0.3) is 5.76 Å². The molecular formula is C28H34ClN3O7. The number of Topliss-reactive ketones (excluding diaryl/α,β-unsaturated/α-hetero) is 2. The van der Waals surface area contributed by atoms with Gasteiger partial charge in [-0.15, -0.1) is 0 Å². The number of amides is 1. The minimum Gasteiger partial charge on any atom is -0.508 e. The van der Waals surface area contributed by atoms with Crippen molar-refractivity contribution in [2.75, 3.05) is 27.7 Å². The lowest BCUT2D eigenvalue weighted by molar-refractivity contribution is -0.153. The number of hydrogen-bond donors (Lipinski definition) is 5. The van der Waals surface area contributed by atoms with Gasteiger partial charge in [-0.05, 0) is 75.9 Å². The van der Waals surface area contributed by atoms with Gasteiger partial charge in [0, 0.05) is 29.6 Å². The van der Waals surface area contributed by atoms with Crippen LogP contribution in [0.5, 0.6) is 5.75 Å². The third-order valence-electron chi connectivity index (χ3n) is 8.96. The van der Waals surface area contributed by atoms with Gasteiger partial charge >= 0.3 is 0 Å². The van der Waals surface area contributed by atoms with E-state index in [4.69, 9.17) is 17.3 Å². The van der Waals surface area contributed by atoms with E-state index in [9.17, 15) is 34.8 Å². The summed E-state index contributed by atoms with van der Waals surface area (Å²) in [7, 11) is 5.12. The molecule has 11 heteroatoms. The first-order chi connectivity index (χ1) is 18.3. The van der Waals surface area contributed by atoms with E-state index in [0.29, 0.717) is 28.6 Å². The van der Waals surface area contributed by atoms with Crippen LogP contribution in [-0.2, 0) is 27.3 Å². The van der Waals surface area contributed by atoms with Crippen LogP contribution in [0.2, 0.25) is 5.02 Å². The summed E-state index contributed by atoms with van der Waals surface area (Å²) in [4.78, 5) is 42.8. The molecule has 1 amide bonds. The highest BCUT2D eigenvalue weighted by molar-refractivity contribution is 6.32. The van der Waals surface area contributed by atoms with Gasteiger partial charge in [-0.25, -0.2) is 0 Å². The summed E-state index contributed by atoms with van der Waals surface area (Å²) in [6, 6.07) is 0.349. The second-order valence-electron chi connectivity index (χ2n) is 11.7. The Hall–Kier alpha value is -2.92. The number of fused-ring (bicyclic) bond motifs is 3. The zero-order valence-electron chi connectivity index (χ0n) is 22.2. The summed E-state index contributed by atoms with van der Waals surface area (Å²) in [5.41, 5.74) is 2.84. The number of aliphatic hydroxyl groups excluding tert-OH is 2. The molecule has 0 bridgehead atoms. The smallest absolute Gasteiger partial charge is 0.255 e. The molecule has 4 aliphatic carbocycles. The molecule has 0 radical (unpaired) electrons. The van der Waals surface area contributed by atoms with Crippen LogP contribution in [-0.4, -0.2) is 87.0 Å². The minimum atomic E-state index is -2.66. The van der Waals surface area contributed by atoms with Crippen molar-refractivity contribution in [3.63, 3.8) is 0 Å². The summed E-state index contributed by atoms with van der Waals surface area (Å²) in [5, 5.41) is 45.2. The average Bonchev–Trinajstić information content (AvgIpc) is 2.81. The average molecular weight is 560 g/mol. The van der Waals surface area contributed by atoms with E-state index >= 15 is 0 Å². The molecule has 0 unspecified atom stereocenters. The summed E-state index contributed by atoms with van der Waals surface area (Å²) in [6.07, 6.45) is 3.82. The molecule has 0 heterocycles. The molecule has 0 saturated heterocycles. The second kappa shape index (κ2) is 9.62. The number of rotatable bonds is 6. The van der Waals surface area contributed by atoms with Gasteiger partial charge in [0.05, 0.1) is 11.6 Å². The van der Waals surface area contributed by atoms with Gasteiger partial charge in [0.25, 0.3) is 5.91 Å². The molecule has 210 valence electrons. The minimum absolute atomic E-state index is 0.00156. The molecule has 5 rings (SSSR count). The topological polar surface area (TPSA) is 165 Å². The Kier molecular flexibility index (Phi) is 6.82. The third-order valence-corrected chi connectivity index (χ3v) is 9.43. The molecule has 1 aromatic carbocycles. The standard InChI is InChI=1S/C28H34ClN3O7/c1-31(2)22-16-8-13-7-15-19(17(33)9-14(21(15)29)11-32(3)10-12-5-4-6-12)23(34)18(13)25(36)28(16,39)26(37)20(24(22)35)27(30)38/h9,12-13,16,22,33-34,37,39H,4-8,10-11H2,1-3H3,(H2,30,38)/t13-,16-,22-,28-/m0/s1. The van der Waals surface area contributed by atoms with E-state index < -0.39 is 58.0 Å². The second-order valence-corrected chi connectivity index (χ2v) is 12.1. The lowest BCUT2D eigenvalue weighted by atomic mass is 9.57. The van der Waals surface area contributed by atoms with Gasteiger partial charge in [0.1, 0.15) is 22.8 Å². The maximum Gasteiger partial charge on any atom is 0.255 e. The van der Waals surface area contributed by atoms with Gasteiger partial charge in [-0.3, -0.25) is 19.3 Å². The summed E-state index contributed by atoms with van der Waals surface area (Å²) < 4.78 is 0. The van der Waals surface area contributed by atoms with Crippen molar-refractivity contribution in [2.45, 2.75) is 50.3 Å². The fourth-order valence-electron chi connectivity index (χ4n) is 6.93. The number of halogens is 1. The van der Waals surface area contributed by atoms with Crippen molar-refractivity contribution in [2.24, 2.45) is 23.5 Å². The molecule has 39 heavy (non-hydrogen) atoms. The van der Waals surface area contributed by atoms with E-state index in [2.05, 4.69) is 4.90 Å². The lowest BCUT2D eigenvalue weighted by Gasteiger charge is -2.50. The number of phenols is 1. The molecule has 0 spiro atoms. The number of nitrogens with zero attached hydrogens (tertiary/aromatic N) is 2. The molecular weight excluding hydrogens is 526 g/mol. The van der Waals surface area contributed by atoms with Crippen molar-refractivity contribution in [1.29, 1.82) is 0 Å². The largest absolute Gasteiger partial charge is 0.508 e. The Morgan fingerprint density at radius 2 is 1.85 bits per heavy atom. The molecule has 10 nitrogen and oxygen atoms in total. The summed E-state index contributed by atoms with van der Waals surface area (Å²) in [5.74, 6) is -6.13. The number of hydrogen-bond acceptors (Lipinski definition) is 9. The van der Waals surface area contributed by atoms with Crippen LogP contribution in [0.3, 0.4) is 0 Å². The Morgan fingerprint density at radius 3 is 2.41 bits per heavy atom. The molecule has 6 N–H and O–H groups in total. The lowest BCUT2D eigenvalue weighted by Crippen LogP contribution is -2.65. The fourth-order valence-corrected chi connectivity index (χ4v) is 7.22. The maximum atomic E-state index is 13.9. The number of nitrogens with two attached hydrogens (primary N) is 1. The number of aromatic hydroxyl groups is 1. The highest BCUT2D eigenvalue weighted by Crippen LogP contribution is 2.53. The Balaban J connectivity index is 1.60. The Morgan fingerprint density at radius 1 is 1.18 bits per heavy atom. The van der Waals surface area contributed by atoms with Crippen molar-refractivity contribution >= 4 is 34.8 Å². The SMILES string of the molecule is CN(Cc1cc(O)c2c(c1Cl)C[C@H]1C[C@H]3[C@H](N(C)C)C(=O)C(C(N)=O)=C(O)[C@@]3(O)C(=O)C1=C2O)CC1CCC1. The molecule has 2 saturated carbocycles. The fraction of sp³-hybridized carbons (Fsp3) is 0.536. The van der Waals surface area contributed by atoms with Gasteiger partial charge in [0.2, 0.25) is 5.78 Å². The molecule has 4 atom stereocenters. The Labute approximate surface area is 231 Å². The number of carbonyl (C=O) groups is 3. The first-order valence-corrected chi connectivity index (χ1v) is 13.5. The van der Waals surface area contributed by atoms with Gasteiger partial charge in [-0.2, -0.15) is 0 Å². The van der Waals surface area contributed by atoms with Crippen molar-refractivity contribution in [1.82, 2.24) is 9.80 Å². The highest BCUT2D eigenvalue weighted by atomic mass is 35.5. The number of carbonyl (C=O) groups excluding carboxylic acids is 3. The van der Waals surface area contributed by atoms with Crippen LogP contribution in [0.1, 0.15) is 42.4 Å². The molecule has 4 aliphatic rings. The van der Waals surface area contributed by atoms with Gasteiger partial charge < -0.3 is 31.1 Å². The first kappa shape index (κ1) is 27.6. The summed E-state index contributed by atoms with van der Waals surface area (Å²) in [6.45, 7) is 1.40. The molecule has 0 aromatic heterocycles. The van der Waals surface area contributed by atoms with Crippen LogP contribution in [0.4, 0.5) is 0 Å². The van der Waals surface area contributed by atoms with Gasteiger partial charge in [-0.1, -0.05) is 18.0 Å². The number of ketones is 2. The number of benzene rings is 1. The zero-order chi connectivity index (χ0) is 28.5. The number of phenolic OH excluding ortho intramolecular Hbond substituents is 1. The van der Waals surface area contributed by atoms with Crippen molar-refractivity contribution in [3.8, 4) is 5.75 Å². The molecule has 1 aromatic rings. The Bertz CT molecular complexity index is 1350. The molecule has 2 fully saturated rings. The van der Waals surface area contributed by atoms with E-state index in [1.807, 2.05) is 7.05 Å². The van der Waals surface area contributed by atoms with Crippen LogP contribution < -0.4 is 5.73 Å². The quantitative estimate of drug-likeness (QED) is 0.327. The number of likely N-dealkylation sites (N-methyl/N-ethyl adjacent to an activating group) is 1. The maximum absolute atomic E-state index is 13.9. The first-order valence-electron chi connectivity index (χ1n) is 13.2. The normalized spacial score (nSPS) is 28.9. The van der Waals surface area contributed by atoms with E-state index in [-0.39, 0.29) is 29.7 Å². The van der Waals surface area contributed by atoms with Crippen molar-refractivity contribution in [3.05, 3.63) is 44.7 Å². The van der Waals surface area contributed by atoms with E-state index in [0.717, 1.165) is 6.54 Å². The number of aliphatic hydroxyl groups is 3. The van der Waals surface area contributed by atoms with Crippen LogP contribution >= 0.6 is 11.6 Å². The van der Waals surface area contributed by atoms with Crippen molar-refractivity contribution < 1.29 is 34.8 Å². The third kappa shape index (κ3) is 4.07. The number of primary amides is 1. The van der Waals surface area contributed by atoms with Crippen LogP contribution in [0, 0.1) is 17.8 Å². The van der Waals surface area contributed by atoms with Crippen LogP contribution in [0.15, 0.2) is 23.0 Å². The highest BCUT2D eigenvalue weighted by Gasteiger charge is 2.64. The monoisotopic (exact) mass is 559 g/mol.